The lowest BCUT2D eigenvalue weighted by atomic mass is 9.98. The minimum atomic E-state index is -0.989. The van der Waals surface area contributed by atoms with Crippen molar-refractivity contribution in [3.8, 4) is 0 Å². The van der Waals surface area contributed by atoms with Crippen molar-refractivity contribution in [1.29, 1.82) is 0 Å². The van der Waals surface area contributed by atoms with Gasteiger partial charge in [-0.3, -0.25) is 0 Å². The van der Waals surface area contributed by atoms with Crippen LogP contribution in [-0.2, 0) is 0 Å². The number of aromatic carboxylic acids is 1. The molecule has 0 bridgehead atoms. The van der Waals surface area contributed by atoms with Gasteiger partial charge in [0.05, 0.1) is 5.56 Å². The third kappa shape index (κ3) is 3.13. The van der Waals surface area contributed by atoms with Crippen molar-refractivity contribution in [2.24, 2.45) is 11.8 Å². The summed E-state index contributed by atoms with van der Waals surface area (Å²) in [6, 6.07) is 2.88. The van der Waals surface area contributed by atoms with Crippen LogP contribution in [0.5, 0.6) is 0 Å². The molecule has 2 rings (SSSR count). The zero-order valence-corrected chi connectivity index (χ0v) is 11.1. The molecule has 0 saturated heterocycles. The van der Waals surface area contributed by atoms with Crippen LogP contribution in [0.2, 0.25) is 5.15 Å². The fourth-order valence-electron chi connectivity index (χ4n) is 2.47. The van der Waals surface area contributed by atoms with Gasteiger partial charge >= 0.3 is 5.97 Å². The van der Waals surface area contributed by atoms with E-state index in [-0.39, 0.29) is 10.7 Å². The predicted octanol–water partition coefficient (Wildman–Crippen LogP) is 3.28. The summed E-state index contributed by atoms with van der Waals surface area (Å²) in [5.74, 6) is 0.908. The Labute approximate surface area is 111 Å². The maximum Gasteiger partial charge on any atom is 0.335 e. The molecule has 1 aromatic heterocycles. The Kier molecular flexibility index (Phi) is 4.07. The molecule has 4 nitrogen and oxygen atoms in total. The van der Waals surface area contributed by atoms with Crippen molar-refractivity contribution in [1.82, 2.24) is 4.98 Å². The molecule has 2 atom stereocenters. The van der Waals surface area contributed by atoms with Gasteiger partial charge in [-0.25, -0.2) is 9.78 Å². The van der Waals surface area contributed by atoms with Crippen molar-refractivity contribution in [3.05, 3.63) is 22.8 Å². The summed E-state index contributed by atoms with van der Waals surface area (Å²) in [7, 11) is 0. The highest BCUT2D eigenvalue weighted by Gasteiger charge is 2.23. The Morgan fingerprint density at radius 3 is 2.94 bits per heavy atom. The standard InChI is InChI=1S/C13H17ClN2O2/c1-8-3-2-4-9(8)7-15-12-6-10(13(17)18)5-11(14)16-12/h5-6,8-9H,2-4,7H2,1H3,(H,15,16)(H,17,18). The van der Waals surface area contributed by atoms with Crippen LogP contribution >= 0.6 is 11.6 Å². The van der Waals surface area contributed by atoms with Gasteiger partial charge in [0, 0.05) is 6.54 Å². The van der Waals surface area contributed by atoms with Gasteiger partial charge in [-0.1, -0.05) is 31.4 Å². The molecule has 18 heavy (non-hydrogen) atoms. The average Bonchev–Trinajstić information content (AvgIpc) is 2.71. The zero-order valence-electron chi connectivity index (χ0n) is 10.3. The van der Waals surface area contributed by atoms with Crippen LogP contribution in [0.1, 0.15) is 36.5 Å². The summed E-state index contributed by atoms with van der Waals surface area (Å²) >= 11 is 5.80. The highest BCUT2D eigenvalue weighted by Crippen LogP contribution is 2.31. The number of carboxylic acids is 1. The fourth-order valence-corrected chi connectivity index (χ4v) is 2.68. The number of nitrogens with one attached hydrogen (secondary N) is 1. The first-order valence-corrected chi connectivity index (χ1v) is 6.59. The maximum atomic E-state index is 10.9. The van der Waals surface area contributed by atoms with Crippen LogP contribution in [0.25, 0.3) is 0 Å². The Balaban J connectivity index is 2.02. The molecule has 1 aliphatic carbocycles. The van der Waals surface area contributed by atoms with Gasteiger partial charge in [-0.2, -0.15) is 0 Å². The average molecular weight is 269 g/mol. The first-order valence-electron chi connectivity index (χ1n) is 6.21. The molecular formula is C13H17ClN2O2. The number of hydrogen-bond acceptors (Lipinski definition) is 3. The minimum absolute atomic E-state index is 0.164. The van der Waals surface area contributed by atoms with E-state index in [1.165, 1.54) is 31.4 Å². The summed E-state index contributed by atoms with van der Waals surface area (Å²) in [6.07, 6.45) is 3.77. The van der Waals surface area contributed by atoms with E-state index in [0.717, 1.165) is 12.5 Å². The first-order chi connectivity index (χ1) is 8.56. The normalized spacial score (nSPS) is 23.0. The number of carbonyl (C=O) groups is 1. The smallest absolute Gasteiger partial charge is 0.335 e. The van der Waals surface area contributed by atoms with Crippen molar-refractivity contribution >= 4 is 23.4 Å². The second-order valence-corrected chi connectivity index (χ2v) is 5.31. The molecule has 1 aliphatic rings. The van der Waals surface area contributed by atoms with Crippen LogP contribution in [-0.4, -0.2) is 22.6 Å². The van der Waals surface area contributed by atoms with Crippen LogP contribution in [0.15, 0.2) is 12.1 Å². The third-order valence-electron chi connectivity index (χ3n) is 3.63. The molecule has 1 saturated carbocycles. The number of nitrogens with zero attached hydrogens (tertiary/aromatic N) is 1. The van der Waals surface area contributed by atoms with Gasteiger partial charge in [0.1, 0.15) is 11.0 Å². The molecular weight excluding hydrogens is 252 g/mol. The summed E-state index contributed by atoms with van der Waals surface area (Å²) in [5, 5.41) is 12.3. The molecule has 98 valence electrons. The highest BCUT2D eigenvalue weighted by molar-refractivity contribution is 6.29. The van der Waals surface area contributed by atoms with E-state index >= 15 is 0 Å². The third-order valence-corrected chi connectivity index (χ3v) is 3.82. The lowest BCUT2D eigenvalue weighted by Crippen LogP contribution is -2.17. The van der Waals surface area contributed by atoms with E-state index in [1.54, 1.807) is 0 Å². The topological polar surface area (TPSA) is 62.2 Å². The van der Waals surface area contributed by atoms with Crippen LogP contribution < -0.4 is 5.32 Å². The Hall–Kier alpha value is -1.29. The van der Waals surface area contributed by atoms with Crippen molar-refractivity contribution in [3.63, 3.8) is 0 Å². The summed E-state index contributed by atoms with van der Waals surface area (Å²) < 4.78 is 0. The monoisotopic (exact) mass is 268 g/mol. The second kappa shape index (κ2) is 5.57. The van der Waals surface area contributed by atoms with Crippen molar-refractivity contribution in [2.45, 2.75) is 26.2 Å². The maximum absolute atomic E-state index is 10.9. The number of carboxylic acid groups (broad SMARTS) is 1. The summed E-state index contributed by atoms with van der Waals surface area (Å²) in [5.41, 5.74) is 0.164. The van der Waals surface area contributed by atoms with Gasteiger partial charge in [0.15, 0.2) is 0 Å². The number of halogens is 1. The molecule has 5 heteroatoms. The van der Waals surface area contributed by atoms with E-state index in [2.05, 4.69) is 17.2 Å². The molecule has 1 fully saturated rings. The largest absolute Gasteiger partial charge is 0.478 e. The Morgan fingerprint density at radius 1 is 1.56 bits per heavy atom. The van der Waals surface area contributed by atoms with Gasteiger partial charge in [-0.15, -0.1) is 0 Å². The first kappa shape index (κ1) is 13.1. The molecule has 0 aliphatic heterocycles. The number of hydrogen-bond donors (Lipinski definition) is 2. The molecule has 1 heterocycles. The Morgan fingerprint density at radius 2 is 2.33 bits per heavy atom. The van der Waals surface area contributed by atoms with Crippen LogP contribution in [0.3, 0.4) is 0 Å². The number of aromatic nitrogens is 1. The van der Waals surface area contributed by atoms with E-state index in [0.29, 0.717) is 11.7 Å². The van der Waals surface area contributed by atoms with Gasteiger partial charge < -0.3 is 10.4 Å². The lowest BCUT2D eigenvalue weighted by molar-refractivity contribution is 0.0697. The molecule has 2 unspecified atom stereocenters. The van der Waals surface area contributed by atoms with E-state index in [9.17, 15) is 4.79 Å². The number of pyridine rings is 1. The molecule has 0 radical (unpaired) electrons. The van der Waals surface area contributed by atoms with Gasteiger partial charge in [-0.05, 0) is 30.4 Å². The molecule has 0 spiro atoms. The lowest BCUT2D eigenvalue weighted by Gasteiger charge is -2.16. The molecule has 1 aromatic rings. The second-order valence-electron chi connectivity index (χ2n) is 4.92. The van der Waals surface area contributed by atoms with Crippen LogP contribution in [0, 0.1) is 11.8 Å². The predicted molar refractivity (Wildman–Crippen MR) is 71.2 cm³/mol. The molecule has 0 amide bonds. The number of rotatable bonds is 4. The molecule has 2 N–H and O–H groups in total. The van der Waals surface area contributed by atoms with Crippen molar-refractivity contribution in [2.75, 3.05) is 11.9 Å². The quantitative estimate of drug-likeness (QED) is 0.823. The van der Waals surface area contributed by atoms with Crippen LogP contribution in [0.4, 0.5) is 5.82 Å². The SMILES string of the molecule is CC1CCCC1CNc1cc(C(=O)O)cc(Cl)n1. The van der Waals surface area contributed by atoms with E-state index in [4.69, 9.17) is 16.7 Å². The van der Waals surface area contributed by atoms with Gasteiger partial charge in [0.25, 0.3) is 0 Å². The van der Waals surface area contributed by atoms with Gasteiger partial charge in [0.2, 0.25) is 0 Å². The summed E-state index contributed by atoms with van der Waals surface area (Å²) in [6.45, 7) is 3.08. The Bertz CT molecular complexity index is 451. The van der Waals surface area contributed by atoms with Crippen molar-refractivity contribution < 1.29 is 9.90 Å². The zero-order chi connectivity index (χ0) is 13.1. The minimum Gasteiger partial charge on any atom is -0.478 e. The summed E-state index contributed by atoms with van der Waals surface area (Å²) in [4.78, 5) is 15.0. The molecule has 0 aromatic carbocycles. The fraction of sp³-hybridized carbons (Fsp3) is 0.538. The number of anilines is 1. The highest BCUT2D eigenvalue weighted by atomic mass is 35.5. The van der Waals surface area contributed by atoms with E-state index < -0.39 is 5.97 Å². The van der Waals surface area contributed by atoms with E-state index in [1.807, 2.05) is 0 Å².